The molecule has 7 heteroatoms. The number of amides is 1. The molecule has 0 bridgehead atoms. The number of carbonyl (C=O) groups is 1. The summed E-state index contributed by atoms with van der Waals surface area (Å²) in [7, 11) is 0. The Morgan fingerprint density at radius 2 is 1.55 bits per heavy atom. The van der Waals surface area contributed by atoms with Crippen molar-refractivity contribution >= 4 is 75.3 Å². The first kappa shape index (κ1) is 16.0. The molecular formula is C13H7Br4NO2. The normalized spacial score (nSPS) is 10.4. The van der Waals surface area contributed by atoms with E-state index in [1.165, 1.54) is 6.07 Å². The second-order valence-corrected chi connectivity index (χ2v) is 7.40. The Morgan fingerprint density at radius 3 is 2.15 bits per heavy atom. The van der Waals surface area contributed by atoms with Crippen LogP contribution in [0.3, 0.4) is 0 Å². The van der Waals surface area contributed by atoms with E-state index in [2.05, 4.69) is 69.0 Å². The molecule has 2 N–H and O–H groups in total. The highest BCUT2D eigenvalue weighted by atomic mass is 79.9. The first-order chi connectivity index (χ1) is 9.38. The number of carbonyl (C=O) groups excluding carboxylic acids is 1. The van der Waals surface area contributed by atoms with Crippen molar-refractivity contribution in [3.8, 4) is 5.75 Å². The van der Waals surface area contributed by atoms with Gasteiger partial charge >= 0.3 is 0 Å². The van der Waals surface area contributed by atoms with Gasteiger partial charge in [-0.15, -0.1) is 0 Å². The number of aromatic hydroxyl groups is 1. The molecule has 0 aromatic heterocycles. The monoisotopic (exact) mass is 525 g/mol. The van der Waals surface area contributed by atoms with E-state index >= 15 is 0 Å². The highest BCUT2D eigenvalue weighted by molar-refractivity contribution is 9.11. The first-order valence-corrected chi connectivity index (χ1v) is 8.50. The van der Waals surface area contributed by atoms with Crippen LogP contribution in [0.2, 0.25) is 0 Å². The van der Waals surface area contributed by atoms with Crippen LogP contribution in [0.25, 0.3) is 0 Å². The molecule has 0 atom stereocenters. The third-order valence-electron chi connectivity index (χ3n) is 2.45. The number of hydrogen-bond donors (Lipinski definition) is 2. The molecule has 0 radical (unpaired) electrons. The van der Waals surface area contributed by atoms with Crippen LogP contribution in [0.1, 0.15) is 10.4 Å². The fraction of sp³-hybridized carbons (Fsp3) is 0. The summed E-state index contributed by atoms with van der Waals surface area (Å²) >= 11 is 13.4. The molecule has 0 spiro atoms. The van der Waals surface area contributed by atoms with Gasteiger partial charge in [0.15, 0.2) is 0 Å². The lowest BCUT2D eigenvalue weighted by molar-refractivity contribution is 0.102. The molecule has 0 saturated carbocycles. The van der Waals surface area contributed by atoms with Crippen LogP contribution >= 0.6 is 63.7 Å². The van der Waals surface area contributed by atoms with Crippen molar-refractivity contribution in [1.82, 2.24) is 0 Å². The fourth-order valence-electron chi connectivity index (χ4n) is 1.53. The SMILES string of the molecule is O=C(Nc1c(Br)cc(Br)cc1Br)c1cc(Br)ccc1O. The number of phenols is 1. The molecule has 0 fully saturated rings. The molecule has 104 valence electrons. The number of hydrogen-bond acceptors (Lipinski definition) is 2. The van der Waals surface area contributed by atoms with Gasteiger partial charge in [-0.2, -0.15) is 0 Å². The van der Waals surface area contributed by atoms with E-state index in [0.29, 0.717) is 5.69 Å². The molecular weight excluding hydrogens is 522 g/mol. The summed E-state index contributed by atoms with van der Waals surface area (Å²) in [5, 5.41) is 12.5. The number of nitrogens with one attached hydrogen (secondary N) is 1. The molecule has 20 heavy (non-hydrogen) atoms. The van der Waals surface area contributed by atoms with Gasteiger partial charge in [-0.1, -0.05) is 31.9 Å². The summed E-state index contributed by atoms with van der Waals surface area (Å²) in [6.07, 6.45) is 0. The van der Waals surface area contributed by atoms with E-state index in [0.717, 1.165) is 17.9 Å². The predicted octanol–water partition coefficient (Wildman–Crippen LogP) is 5.69. The maximum atomic E-state index is 12.2. The summed E-state index contributed by atoms with van der Waals surface area (Å²) < 4.78 is 3.04. The van der Waals surface area contributed by atoms with Gasteiger partial charge in [0.25, 0.3) is 5.91 Å². The summed E-state index contributed by atoms with van der Waals surface area (Å²) in [6.45, 7) is 0. The molecule has 0 aliphatic carbocycles. The van der Waals surface area contributed by atoms with Crippen LogP contribution in [-0.4, -0.2) is 11.0 Å². The zero-order valence-corrected chi connectivity index (χ0v) is 16.1. The van der Waals surface area contributed by atoms with Crippen LogP contribution < -0.4 is 5.32 Å². The second kappa shape index (κ2) is 6.60. The molecule has 0 aliphatic heterocycles. The fourth-order valence-corrected chi connectivity index (χ4v) is 4.35. The van der Waals surface area contributed by atoms with Gasteiger partial charge < -0.3 is 10.4 Å². The topological polar surface area (TPSA) is 49.3 Å². The molecule has 2 rings (SSSR count). The minimum Gasteiger partial charge on any atom is -0.507 e. The Kier molecular flexibility index (Phi) is 5.28. The molecule has 3 nitrogen and oxygen atoms in total. The van der Waals surface area contributed by atoms with Crippen molar-refractivity contribution in [3.05, 3.63) is 53.8 Å². The summed E-state index contributed by atoms with van der Waals surface area (Å²) in [5.74, 6) is -0.470. The molecule has 0 unspecified atom stereocenters. The van der Waals surface area contributed by atoms with E-state index in [1.54, 1.807) is 12.1 Å². The molecule has 0 heterocycles. The van der Waals surface area contributed by atoms with Crippen molar-refractivity contribution in [2.45, 2.75) is 0 Å². The van der Waals surface area contributed by atoms with E-state index in [9.17, 15) is 9.90 Å². The van der Waals surface area contributed by atoms with Crippen molar-refractivity contribution < 1.29 is 9.90 Å². The van der Waals surface area contributed by atoms with Gasteiger partial charge in [-0.25, -0.2) is 0 Å². The number of phenolic OH excluding ortho intramolecular Hbond substituents is 1. The summed E-state index contributed by atoms with van der Waals surface area (Å²) in [4.78, 5) is 12.2. The van der Waals surface area contributed by atoms with E-state index in [-0.39, 0.29) is 11.3 Å². The lowest BCUT2D eigenvalue weighted by atomic mass is 10.2. The Hall–Kier alpha value is -0.370. The minimum atomic E-state index is -0.396. The van der Waals surface area contributed by atoms with Gasteiger partial charge in [0.1, 0.15) is 5.75 Å². The quantitative estimate of drug-likeness (QED) is 0.526. The smallest absolute Gasteiger partial charge is 0.259 e. The zero-order chi connectivity index (χ0) is 14.9. The Labute approximate surface area is 149 Å². The van der Waals surface area contributed by atoms with Crippen molar-refractivity contribution in [2.75, 3.05) is 5.32 Å². The average Bonchev–Trinajstić information content (AvgIpc) is 2.36. The minimum absolute atomic E-state index is 0.0740. The highest BCUT2D eigenvalue weighted by Gasteiger charge is 2.15. The van der Waals surface area contributed by atoms with Crippen LogP contribution in [0.5, 0.6) is 5.75 Å². The molecule has 2 aromatic rings. The average molecular weight is 529 g/mol. The third kappa shape index (κ3) is 3.63. The van der Waals surface area contributed by atoms with E-state index < -0.39 is 5.91 Å². The van der Waals surface area contributed by atoms with Gasteiger partial charge in [-0.3, -0.25) is 4.79 Å². The van der Waals surface area contributed by atoms with E-state index in [4.69, 9.17) is 0 Å². The molecule has 0 aliphatic rings. The lowest BCUT2D eigenvalue weighted by Gasteiger charge is -2.11. The van der Waals surface area contributed by atoms with Crippen molar-refractivity contribution in [1.29, 1.82) is 0 Å². The van der Waals surface area contributed by atoms with Crippen LogP contribution in [0, 0.1) is 0 Å². The zero-order valence-electron chi connectivity index (χ0n) is 9.75. The van der Waals surface area contributed by atoms with Crippen LogP contribution in [0.4, 0.5) is 5.69 Å². The number of anilines is 1. The third-order valence-corrected chi connectivity index (χ3v) is 4.65. The van der Waals surface area contributed by atoms with Gasteiger partial charge in [-0.05, 0) is 62.2 Å². The van der Waals surface area contributed by atoms with Gasteiger partial charge in [0.2, 0.25) is 0 Å². The van der Waals surface area contributed by atoms with Crippen LogP contribution in [-0.2, 0) is 0 Å². The lowest BCUT2D eigenvalue weighted by Crippen LogP contribution is -2.13. The molecule has 1 amide bonds. The predicted molar refractivity (Wildman–Crippen MR) is 93.3 cm³/mol. The summed E-state index contributed by atoms with van der Waals surface area (Å²) in [5.41, 5.74) is 0.790. The molecule has 2 aromatic carbocycles. The van der Waals surface area contributed by atoms with Crippen molar-refractivity contribution in [3.63, 3.8) is 0 Å². The Morgan fingerprint density at radius 1 is 0.950 bits per heavy atom. The van der Waals surface area contributed by atoms with Crippen molar-refractivity contribution in [2.24, 2.45) is 0 Å². The van der Waals surface area contributed by atoms with Crippen LogP contribution in [0.15, 0.2) is 48.2 Å². The first-order valence-electron chi connectivity index (χ1n) is 5.33. The van der Waals surface area contributed by atoms with Gasteiger partial charge in [0.05, 0.1) is 11.3 Å². The maximum absolute atomic E-state index is 12.2. The van der Waals surface area contributed by atoms with E-state index in [1.807, 2.05) is 12.1 Å². The Bertz CT molecular complexity index is 665. The number of benzene rings is 2. The number of halogens is 4. The molecule has 0 saturated heterocycles. The summed E-state index contributed by atoms with van der Waals surface area (Å²) in [6, 6.07) is 8.33. The standard InChI is InChI=1S/C13H7Br4NO2/c14-6-1-2-11(19)8(3-6)13(20)18-12-9(16)4-7(15)5-10(12)17/h1-5,19H,(H,18,20). The largest absolute Gasteiger partial charge is 0.507 e. The second-order valence-electron chi connectivity index (χ2n) is 3.86. The Balaban J connectivity index is 2.35. The van der Waals surface area contributed by atoms with Gasteiger partial charge in [0, 0.05) is 17.9 Å². The highest BCUT2D eigenvalue weighted by Crippen LogP contribution is 2.35. The maximum Gasteiger partial charge on any atom is 0.259 e. The number of rotatable bonds is 2.